The number of fused-ring (bicyclic) bond motifs is 1. The highest BCUT2D eigenvalue weighted by Crippen LogP contribution is 2.23. The van der Waals surface area contributed by atoms with Crippen molar-refractivity contribution in [3.05, 3.63) is 34.6 Å². The van der Waals surface area contributed by atoms with Gasteiger partial charge in [-0.15, -0.1) is 0 Å². The summed E-state index contributed by atoms with van der Waals surface area (Å²) in [5, 5.41) is 0.297. The fourth-order valence-corrected chi connectivity index (χ4v) is 3.14. The maximum absolute atomic E-state index is 12.8. The number of carbonyl (C=O) groups excluding carboxylic acids is 2. The molecule has 0 radical (unpaired) electrons. The van der Waals surface area contributed by atoms with E-state index in [1.165, 1.54) is 11.7 Å². The first-order chi connectivity index (χ1) is 12.0. The van der Waals surface area contributed by atoms with Crippen LogP contribution in [-0.4, -0.2) is 40.5 Å². The molecule has 0 aliphatic heterocycles. The number of benzene rings is 1. The topological polar surface area (TPSA) is 87.5 Å². The van der Waals surface area contributed by atoms with Crippen LogP contribution in [-0.2, 0) is 25.6 Å². The maximum Gasteiger partial charge on any atom is 0.319 e. The van der Waals surface area contributed by atoms with Gasteiger partial charge in [-0.25, -0.2) is 4.98 Å². The van der Waals surface area contributed by atoms with Gasteiger partial charge in [0, 0.05) is 6.54 Å². The molecule has 7 nitrogen and oxygen atoms in total. The summed E-state index contributed by atoms with van der Waals surface area (Å²) >= 11 is 1.13. The molecule has 0 amide bonds. The van der Waals surface area contributed by atoms with E-state index in [-0.39, 0.29) is 31.1 Å². The van der Waals surface area contributed by atoms with Crippen molar-refractivity contribution in [3.63, 3.8) is 0 Å². The van der Waals surface area contributed by atoms with Crippen molar-refractivity contribution in [3.8, 4) is 0 Å². The highest BCUT2D eigenvalue weighted by Gasteiger charge is 2.20. The number of rotatable bonds is 7. The molecule has 0 saturated carbocycles. The number of para-hydroxylation sites is 1. The monoisotopic (exact) mass is 364 g/mol. The molecule has 8 heteroatoms. The quantitative estimate of drug-likeness (QED) is 0.422. The first-order valence-corrected chi connectivity index (χ1v) is 8.75. The first-order valence-electron chi connectivity index (χ1n) is 7.87. The Balaban J connectivity index is 2.42. The van der Waals surface area contributed by atoms with Crippen molar-refractivity contribution in [2.75, 3.05) is 13.7 Å². The van der Waals surface area contributed by atoms with Gasteiger partial charge >= 0.3 is 11.9 Å². The van der Waals surface area contributed by atoms with E-state index in [0.29, 0.717) is 16.1 Å². The third kappa shape index (κ3) is 4.60. The Hall–Kier alpha value is -2.35. The standard InChI is InChI=1S/C17H20N2O5S/c1-4-24-16(22)11(2)25-17-18-13-8-6-5-7-12(13)15(21)19(17)10-9-14(20)23-3/h5-8,11H,4,9-10H2,1-3H3/t11-/m1/s1. The number of hydrogen-bond donors (Lipinski definition) is 0. The molecule has 134 valence electrons. The largest absolute Gasteiger partial charge is 0.469 e. The van der Waals surface area contributed by atoms with Crippen molar-refractivity contribution < 1.29 is 19.1 Å². The Bertz CT molecular complexity index is 833. The molecule has 0 unspecified atom stereocenters. The van der Waals surface area contributed by atoms with Gasteiger partial charge in [0.1, 0.15) is 5.25 Å². The number of esters is 2. The molecule has 25 heavy (non-hydrogen) atoms. The molecule has 1 atom stereocenters. The second-order valence-corrected chi connectivity index (χ2v) is 6.51. The molecule has 0 bridgehead atoms. The normalized spacial score (nSPS) is 12.0. The Morgan fingerprint density at radius 2 is 2.04 bits per heavy atom. The second-order valence-electron chi connectivity index (χ2n) is 5.21. The molecule has 1 aromatic heterocycles. The average Bonchev–Trinajstić information content (AvgIpc) is 2.61. The lowest BCUT2D eigenvalue weighted by Gasteiger charge is -2.15. The van der Waals surface area contributed by atoms with Crippen molar-refractivity contribution in [1.82, 2.24) is 9.55 Å². The number of carbonyl (C=O) groups is 2. The summed E-state index contributed by atoms with van der Waals surface area (Å²) in [7, 11) is 1.29. The van der Waals surface area contributed by atoms with E-state index >= 15 is 0 Å². The summed E-state index contributed by atoms with van der Waals surface area (Å²) < 4.78 is 11.0. The van der Waals surface area contributed by atoms with Gasteiger partial charge in [0.2, 0.25) is 0 Å². The van der Waals surface area contributed by atoms with E-state index in [9.17, 15) is 14.4 Å². The lowest BCUT2D eigenvalue weighted by atomic mass is 10.2. The van der Waals surface area contributed by atoms with Crippen LogP contribution in [0.4, 0.5) is 0 Å². The minimum absolute atomic E-state index is 0.0395. The van der Waals surface area contributed by atoms with E-state index in [2.05, 4.69) is 9.72 Å². The number of methoxy groups -OCH3 is 1. The van der Waals surface area contributed by atoms with Crippen LogP contribution >= 0.6 is 11.8 Å². The van der Waals surface area contributed by atoms with Gasteiger partial charge in [0.15, 0.2) is 5.16 Å². The van der Waals surface area contributed by atoms with Gasteiger partial charge in [0.05, 0.1) is 31.0 Å². The molecular formula is C17H20N2O5S. The molecule has 0 saturated heterocycles. The molecule has 2 rings (SSSR count). The maximum atomic E-state index is 12.8. The van der Waals surface area contributed by atoms with Gasteiger partial charge < -0.3 is 9.47 Å². The van der Waals surface area contributed by atoms with Gasteiger partial charge in [-0.05, 0) is 26.0 Å². The van der Waals surface area contributed by atoms with E-state index < -0.39 is 11.2 Å². The number of aromatic nitrogens is 2. The van der Waals surface area contributed by atoms with Crippen molar-refractivity contribution in [1.29, 1.82) is 0 Å². The van der Waals surface area contributed by atoms with Gasteiger partial charge in [-0.3, -0.25) is 19.0 Å². The molecule has 0 N–H and O–H groups in total. The molecule has 0 aliphatic rings. The lowest BCUT2D eigenvalue weighted by Crippen LogP contribution is -2.26. The van der Waals surface area contributed by atoms with Crippen LogP contribution in [0.25, 0.3) is 10.9 Å². The van der Waals surface area contributed by atoms with Crippen LogP contribution in [0.1, 0.15) is 20.3 Å². The zero-order chi connectivity index (χ0) is 18.4. The van der Waals surface area contributed by atoms with Crippen LogP contribution < -0.4 is 5.56 Å². The highest BCUT2D eigenvalue weighted by atomic mass is 32.2. The summed E-state index contributed by atoms with van der Waals surface area (Å²) in [6.45, 7) is 3.83. The van der Waals surface area contributed by atoms with Gasteiger partial charge in [-0.1, -0.05) is 23.9 Å². The average molecular weight is 364 g/mol. The smallest absolute Gasteiger partial charge is 0.319 e. The summed E-state index contributed by atoms with van der Waals surface area (Å²) in [5.74, 6) is -0.802. The Kier molecular flexibility index (Phi) is 6.58. The molecule has 0 fully saturated rings. The fraction of sp³-hybridized carbons (Fsp3) is 0.412. The first kappa shape index (κ1) is 19.0. The van der Waals surface area contributed by atoms with Crippen molar-refractivity contribution in [2.45, 2.75) is 37.2 Å². The molecule has 2 aromatic rings. The van der Waals surface area contributed by atoms with Crippen molar-refractivity contribution >= 4 is 34.6 Å². The Morgan fingerprint density at radius 3 is 2.72 bits per heavy atom. The van der Waals surface area contributed by atoms with Crippen LogP contribution in [0.2, 0.25) is 0 Å². The predicted octanol–water partition coefficient (Wildman–Crippen LogP) is 2.00. The summed E-state index contributed by atoms with van der Waals surface area (Å²) in [6.07, 6.45) is 0.0395. The SMILES string of the molecule is CCOC(=O)[C@@H](C)Sc1nc2ccccc2c(=O)n1CCC(=O)OC. The number of ether oxygens (including phenoxy) is 2. The molecule has 1 heterocycles. The Morgan fingerprint density at radius 1 is 1.32 bits per heavy atom. The predicted molar refractivity (Wildman–Crippen MR) is 94.6 cm³/mol. The zero-order valence-electron chi connectivity index (χ0n) is 14.4. The second kappa shape index (κ2) is 8.66. The van der Waals surface area contributed by atoms with Crippen LogP contribution in [0, 0.1) is 0 Å². The summed E-state index contributed by atoms with van der Waals surface area (Å²) in [6, 6.07) is 6.96. The number of thioether (sulfide) groups is 1. The van der Waals surface area contributed by atoms with Crippen LogP contribution in [0.3, 0.4) is 0 Å². The van der Waals surface area contributed by atoms with Gasteiger partial charge in [-0.2, -0.15) is 0 Å². The summed E-state index contributed by atoms with van der Waals surface area (Å²) in [4.78, 5) is 40.6. The minimum Gasteiger partial charge on any atom is -0.469 e. The van der Waals surface area contributed by atoms with E-state index in [1.807, 2.05) is 0 Å². The van der Waals surface area contributed by atoms with Gasteiger partial charge in [0.25, 0.3) is 5.56 Å². The molecule has 0 spiro atoms. The van der Waals surface area contributed by atoms with E-state index in [4.69, 9.17) is 4.74 Å². The lowest BCUT2D eigenvalue weighted by molar-refractivity contribution is -0.142. The van der Waals surface area contributed by atoms with Crippen LogP contribution in [0.5, 0.6) is 0 Å². The third-order valence-electron chi connectivity index (χ3n) is 3.49. The van der Waals surface area contributed by atoms with E-state index in [1.54, 1.807) is 38.1 Å². The Labute approximate surface area is 149 Å². The van der Waals surface area contributed by atoms with E-state index in [0.717, 1.165) is 11.8 Å². The highest BCUT2D eigenvalue weighted by molar-refractivity contribution is 8.00. The molecule has 0 aliphatic carbocycles. The fourth-order valence-electron chi connectivity index (χ4n) is 2.21. The van der Waals surface area contributed by atoms with Crippen LogP contribution in [0.15, 0.2) is 34.2 Å². The number of hydrogen-bond acceptors (Lipinski definition) is 7. The molecular weight excluding hydrogens is 344 g/mol. The number of nitrogens with zero attached hydrogens (tertiary/aromatic N) is 2. The minimum atomic E-state index is -0.530. The molecule has 1 aromatic carbocycles. The summed E-state index contributed by atoms with van der Waals surface area (Å²) in [5.41, 5.74) is 0.286. The zero-order valence-corrected chi connectivity index (χ0v) is 15.2. The van der Waals surface area contributed by atoms with Crippen molar-refractivity contribution in [2.24, 2.45) is 0 Å². The third-order valence-corrected chi connectivity index (χ3v) is 4.56.